The minimum absolute atomic E-state index is 0.0638. The van der Waals surface area contributed by atoms with E-state index in [1.165, 1.54) is 12.1 Å². The highest BCUT2D eigenvalue weighted by molar-refractivity contribution is 5.37. The Bertz CT molecular complexity index is 402. The fraction of sp³-hybridized carbons (Fsp3) is 0.571. The number of ether oxygens (including phenoxy) is 1. The Morgan fingerprint density at radius 1 is 1.26 bits per heavy atom. The maximum Gasteiger partial charge on any atom is 0.416 e. The van der Waals surface area contributed by atoms with Crippen molar-refractivity contribution in [2.75, 3.05) is 6.61 Å². The molecule has 0 fully saturated rings. The number of benzene rings is 1. The maximum atomic E-state index is 12.7. The van der Waals surface area contributed by atoms with Crippen molar-refractivity contribution >= 4 is 0 Å². The van der Waals surface area contributed by atoms with Gasteiger partial charge < -0.3 is 10.5 Å². The van der Waals surface area contributed by atoms with E-state index in [1.807, 2.05) is 0 Å². The zero-order chi connectivity index (χ0) is 14.5. The minimum atomic E-state index is -4.37. The Kier molecular flexibility index (Phi) is 5.66. The number of hydrogen-bond acceptors (Lipinski definition) is 2. The molecule has 19 heavy (non-hydrogen) atoms. The molecule has 0 aliphatic heterocycles. The molecule has 0 aliphatic carbocycles. The first kappa shape index (κ1) is 15.8. The predicted molar refractivity (Wildman–Crippen MR) is 68.9 cm³/mol. The quantitative estimate of drug-likeness (QED) is 0.797. The lowest BCUT2D eigenvalue weighted by molar-refractivity contribution is -0.138. The fourth-order valence-electron chi connectivity index (χ4n) is 1.79. The van der Waals surface area contributed by atoms with Crippen LogP contribution in [0.25, 0.3) is 0 Å². The van der Waals surface area contributed by atoms with Crippen LogP contribution in [0.5, 0.6) is 5.75 Å². The summed E-state index contributed by atoms with van der Waals surface area (Å²) in [6, 6.07) is 3.75. The van der Waals surface area contributed by atoms with E-state index >= 15 is 0 Å². The van der Waals surface area contributed by atoms with Crippen LogP contribution in [0.3, 0.4) is 0 Å². The SMILES string of the molecule is CC(C)CCCOc1ccc(C(F)(F)F)c(CN)c1. The van der Waals surface area contributed by atoms with E-state index < -0.39 is 11.7 Å². The van der Waals surface area contributed by atoms with Gasteiger partial charge in [0.2, 0.25) is 0 Å². The molecule has 0 amide bonds. The van der Waals surface area contributed by atoms with Crippen LogP contribution in [0.4, 0.5) is 13.2 Å². The number of hydrogen-bond donors (Lipinski definition) is 1. The van der Waals surface area contributed by atoms with E-state index in [0.29, 0.717) is 18.3 Å². The highest BCUT2D eigenvalue weighted by Crippen LogP contribution is 2.33. The van der Waals surface area contributed by atoms with Crippen molar-refractivity contribution in [3.05, 3.63) is 29.3 Å². The first-order chi connectivity index (χ1) is 8.84. The maximum absolute atomic E-state index is 12.7. The van der Waals surface area contributed by atoms with Gasteiger partial charge in [0.25, 0.3) is 0 Å². The third-order valence-corrected chi connectivity index (χ3v) is 2.80. The zero-order valence-electron chi connectivity index (χ0n) is 11.3. The van der Waals surface area contributed by atoms with Gasteiger partial charge in [-0.1, -0.05) is 13.8 Å². The molecule has 1 aromatic carbocycles. The van der Waals surface area contributed by atoms with E-state index in [2.05, 4.69) is 13.8 Å². The van der Waals surface area contributed by atoms with Crippen LogP contribution in [-0.2, 0) is 12.7 Å². The van der Waals surface area contributed by atoms with E-state index in [0.717, 1.165) is 18.9 Å². The smallest absolute Gasteiger partial charge is 0.416 e. The Balaban J connectivity index is 2.67. The first-order valence-corrected chi connectivity index (χ1v) is 6.37. The molecule has 0 unspecified atom stereocenters. The van der Waals surface area contributed by atoms with Gasteiger partial charge in [-0.25, -0.2) is 0 Å². The number of halogens is 3. The fourth-order valence-corrected chi connectivity index (χ4v) is 1.79. The standard InChI is InChI=1S/C14H20F3NO/c1-10(2)4-3-7-19-12-5-6-13(14(15,16)17)11(8-12)9-18/h5-6,8,10H,3-4,7,9,18H2,1-2H3. The Hall–Kier alpha value is -1.23. The highest BCUT2D eigenvalue weighted by Gasteiger charge is 2.32. The topological polar surface area (TPSA) is 35.2 Å². The number of nitrogens with two attached hydrogens (primary N) is 1. The zero-order valence-corrected chi connectivity index (χ0v) is 11.3. The molecule has 0 aromatic heterocycles. The lowest BCUT2D eigenvalue weighted by Gasteiger charge is -2.14. The van der Waals surface area contributed by atoms with Crippen molar-refractivity contribution in [2.45, 2.75) is 39.4 Å². The molecular weight excluding hydrogens is 255 g/mol. The van der Waals surface area contributed by atoms with Crippen molar-refractivity contribution in [2.24, 2.45) is 11.7 Å². The predicted octanol–water partition coefficient (Wildman–Crippen LogP) is 3.98. The molecule has 0 heterocycles. The van der Waals surface area contributed by atoms with Crippen molar-refractivity contribution in [1.29, 1.82) is 0 Å². The Morgan fingerprint density at radius 2 is 1.95 bits per heavy atom. The lowest BCUT2D eigenvalue weighted by atomic mass is 10.1. The molecule has 1 rings (SSSR count). The summed E-state index contributed by atoms with van der Waals surface area (Å²) >= 11 is 0. The molecule has 0 radical (unpaired) electrons. The minimum Gasteiger partial charge on any atom is -0.494 e. The van der Waals surface area contributed by atoms with E-state index in [1.54, 1.807) is 0 Å². The normalized spacial score (nSPS) is 11.9. The van der Waals surface area contributed by atoms with Crippen LogP contribution in [0.1, 0.15) is 37.8 Å². The van der Waals surface area contributed by atoms with Crippen LogP contribution < -0.4 is 10.5 Å². The van der Waals surface area contributed by atoms with Crippen LogP contribution in [-0.4, -0.2) is 6.61 Å². The molecule has 0 saturated carbocycles. The Morgan fingerprint density at radius 3 is 2.47 bits per heavy atom. The molecule has 0 atom stereocenters. The van der Waals surface area contributed by atoms with Crippen LogP contribution >= 0.6 is 0 Å². The number of rotatable bonds is 6. The summed E-state index contributed by atoms with van der Waals surface area (Å²) in [5.41, 5.74) is 4.73. The number of alkyl halides is 3. The third-order valence-electron chi connectivity index (χ3n) is 2.80. The van der Waals surface area contributed by atoms with E-state index in [9.17, 15) is 13.2 Å². The summed E-state index contributed by atoms with van der Waals surface area (Å²) < 4.78 is 43.4. The van der Waals surface area contributed by atoms with Gasteiger partial charge in [-0.05, 0) is 42.5 Å². The monoisotopic (exact) mass is 275 g/mol. The summed E-state index contributed by atoms with van der Waals surface area (Å²) in [7, 11) is 0. The van der Waals surface area contributed by atoms with Gasteiger partial charge in [0.15, 0.2) is 0 Å². The van der Waals surface area contributed by atoms with Crippen molar-refractivity contribution in [3.8, 4) is 5.75 Å². The van der Waals surface area contributed by atoms with Gasteiger partial charge in [0, 0.05) is 6.54 Å². The lowest BCUT2D eigenvalue weighted by Crippen LogP contribution is -2.12. The molecule has 2 N–H and O–H groups in total. The summed E-state index contributed by atoms with van der Waals surface area (Å²) in [6.07, 6.45) is -2.45. The summed E-state index contributed by atoms with van der Waals surface area (Å²) in [5, 5.41) is 0. The summed E-state index contributed by atoms with van der Waals surface area (Å²) in [6.45, 7) is 4.58. The van der Waals surface area contributed by atoms with Gasteiger partial charge in [-0.15, -0.1) is 0 Å². The van der Waals surface area contributed by atoms with Crippen LogP contribution in [0.2, 0.25) is 0 Å². The van der Waals surface area contributed by atoms with Crippen molar-refractivity contribution in [1.82, 2.24) is 0 Å². The summed E-state index contributed by atoms with van der Waals surface area (Å²) in [5.74, 6) is 1.04. The molecule has 1 aromatic rings. The van der Waals surface area contributed by atoms with Crippen molar-refractivity contribution in [3.63, 3.8) is 0 Å². The highest BCUT2D eigenvalue weighted by atomic mass is 19.4. The van der Waals surface area contributed by atoms with E-state index in [4.69, 9.17) is 10.5 Å². The van der Waals surface area contributed by atoms with Crippen molar-refractivity contribution < 1.29 is 17.9 Å². The molecule has 0 saturated heterocycles. The van der Waals surface area contributed by atoms with E-state index in [-0.39, 0.29) is 12.1 Å². The van der Waals surface area contributed by atoms with Gasteiger partial charge >= 0.3 is 6.18 Å². The van der Waals surface area contributed by atoms with Crippen LogP contribution in [0.15, 0.2) is 18.2 Å². The summed E-state index contributed by atoms with van der Waals surface area (Å²) in [4.78, 5) is 0. The first-order valence-electron chi connectivity index (χ1n) is 6.37. The second-order valence-corrected chi connectivity index (χ2v) is 4.91. The van der Waals surface area contributed by atoms with Gasteiger partial charge in [0.1, 0.15) is 5.75 Å². The average molecular weight is 275 g/mol. The average Bonchev–Trinajstić information content (AvgIpc) is 2.32. The second kappa shape index (κ2) is 6.80. The molecule has 0 spiro atoms. The molecule has 0 bridgehead atoms. The molecule has 0 aliphatic rings. The molecular formula is C14H20F3NO. The second-order valence-electron chi connectivity index (χ2n) is 4.91. The third kappa shape index (κ3) is 5.11. The molecule has 108 valence electrons. The van der Waals surface area contributed by atoms with Gasteiger partial charge in [0.05, 0.1) is 12.2 Å². The van der Waals surface area contributed by atoms with Gasteiger partial charge in [-0.3, -0.25) is 0 Å². The largest absolute Gasteiger partial charge is 0.494 e. The van der Waals surface area contributed by atoms with Gasteiger partial charge in [-0.2, -0.15) is 13.2 Å². The molecule has 2 nitrogen and oxygen atoms in total. The Labute approximate surface area is 111 Å². The van der Waals surface area contributed by atoms with Crippen LogP contribution in [0, 0.1) is 5.92 Å². The molecule has 5 heteroatoms.